The Morgan fingerprint density at radius 2 is 1.89 bits per heavy atom. The fraction of sp³-hybridized carbons (Fsp3) is 0.733. The molecule has 1 aliphatic carbocycles. The van der Waals surface area contributed by atoms with Gasteiger partial charge in [0.05, 0.1) is 18.0 Å². The fourth-order valence-corrected chi connectivity index (χ4v) is 2.96. The van der Waals surface area contributed by atoms with Crippen molar-refractivity contribution in [2.45, 2.75) is 70.0 Å². The molecule has 0 bridgehead atoms. The first-order chi connectivity index (χ1) is 8.94. The standard InChI is InChI=1S/C15H22N2O2/c1-4-15(2,3)16-12-10-13(18)17(14(12)19)11-8-6-5-7-9-11/h1,11-12,16H,5-10H2,2-3H3. The van der Waals surface area contributed by atoms with Crippen LogP contribution in [0.5, 0.6) is 0 Å². The van der Waals surface area contributed by atoms with Crippen molar-refractivity contribution < 1.29 is 9.59 Å². The number of nitrogens with zero attached hydrogens (tertiary/aromatic N) is 1. The number of carbonyl (C=O) groups excluding carboxylic acids is 2. The van der Waals surface area contributed by atoms with Gasteiger partial charge < -0.3 is 0 Å². The molecule has 1 saturated carbocycles. The molecule has 0 radical (unpaired) electrons. The van der Waals surface area contributed by atoms with E-state index in [-0.39, 0.29) is 24.3 Å². The second-order valence-corrected chi connectivity index (χ2v) is 6.06. The first-order valence-corrected chi connectivity index (χ1v) is 7.06. The van der Waals surface area contributed by atoms with Gasteiger partial charge in [0, 0.05) is 6.04 Å². The third-order valence-electron chi connectivity index (χ3n) is 4.02. The molecular weight excluding hydrogens is 240 g/mol. The SMILES string of the molecule is C#CC(C)(C)NC1CC(=O)N(C2CCCCC2)C1=O. The van der Waals surface area contributed by atoms with E-state index in [2.05, 4.69) is 11.2 Å². The molecule has 19 heavy (non-hydrogen) atoms. The molecule has 2 amide bonds. The lowest BCUT2D eigenvalue weighted by Crippen LogP contribution is -2.50. The van der Waals surface area contributed by atoms with Crippen LogP contribution in [0.1, 0.15) is 52.4 Å². The van der Waals surface area contributed by atoms with E-state index in [0.29, 0.717) is 0 Å². The Labute approximate surface area is 114 Å². The Morgan fingerprint density at radius 1 is 1.26 bits per heavy atom. The molecule has 1 unspecified atom stereocenters. The topological polar surface area (TPSA) is 49.4 Å². The third-order valence-corrected chi connectivity index (χ3v) is 4.02. The highest BCUT2D eigenvalue weighted by atomic mass is 16.2. The summed E-state index contributed by atoms with van der Waals surface area (Å²) in [6.45, 7) is 3.68. The number of rotatable bonds is 3. The van der Waals surface area contributed by atoms with Gasteiger partial charge in [0.25, 0.3) is 0 Å². The van der Waals surface area contributed by atoms with E-state index in [0.717, 1.165) is 25.7 Å². The van der Waals surface area contributed by atoms with E-state index in [1.165, 1.54) is 11.3 Å². The second kappa shape index (κ2) is 5.34. The smallest absolute Gasteiger partial charge is 0.247 e. The van der Waals surface area contributed by atoms with E-state index >= 15 is 0 Å². The lowest BCUT2D eigenvalue weighted by Gasteiger charge is -2.30. The summed E-state index contributed by atoms with van der Waals surface area (Å²) in [7, 11) is 0. The molecule has 0 spiro atoms. The molecule has 2 fully saturated rings. The van der Waals surface area contributed by atoms with Crippen LogP contribution in [0, 0.1) is 12.3 Å². The zero-order valence-corrected chi connectivity index (χ0v) is 11.7. The first kappa shape index (κ1) is 14.1. The molecule has 2 rings (SSSR count). The highest BCUT2D eigenvalue weighted by Crippen LogP contribution is 2.27. The molecule has 1 aliphatic heterocycles. The molecule has 4 nitrogen and oxygen atoms in total. The monoisotopic (exact) mass is 262 g/mol. The van der Waals surface area contributed by atoms with Crippen LogP contribution in [0.4, 0.5) is 0 Å². The summed E-state index contributed by atoms with van der Waals surface area (Å²) in [4.78, 5) is 26.0. The van der Waals surface area contributed by atoms with Crippen molar-refractivity contribution in [3.8, 4) is 12.3 Å². The Bertz CT molecular complexity index is 416. The van der Waals surface area contributed by atoms with Crippen molar-refractivity contribution in [2.24, 2.45) is 0 Å². The van der Waals surface area contributed by atoms with Gasteiger partial charge in [-0.15, -0.1) is 6.42 Å². The summed E-state index contributed by atoms with van der Waals surface area (Å²) in [6.07, 6.45) is 11.0. The Balaban J connectivity index is 2.06. The second-order valence-electron chi connectivity index (χ2n) is 6.06. The number of terminal acetylenes is 1. The van der Waals surface area contributed by atoms with Crippen LogP contribution < -0.4 is 5.32 Å². The molecule has 1 atom stereocenters. The van der Waals surface area contributed by atoms with Crippen LogP contribution in [0.25, 0.3) is 0 Å². The molecule has 0 aromatic carbocycles. The largest absolute Gasteiger partial charge is 0.290 e. The van der Waals surface area contributed by atoms with Gasteiger partial charge in [-0.2, -0.15) is 0 Å². The predicted octanol–water partition coefficient (Wildman–Crippen LogP) is 1.45. The maximum atomic E-state index is 12.4. The summed E-state index contributed by atoms with van der Waals surface area (Å²) in [6, 6.07) is -0.352. The van der Waals surface area contributed by atoms with Crippen LogP contribution in [0.15, 0.2) is 0 Å². The molecule has 2 aliphatic rings. The van der Waals surface area contributed by atoms with Gasteiger partial charge in [-0.3, -0.25) is 19.8 Å². The summed E-state index contributed by atoms with van der Waals surface area (Å²) in [5.74, 6) is 2.45. The summed E-state index contributed by atoms with van der Waals surface area (Å²) >= 11 is 0. The van der Waals surface area contributed by atoms with Crippen LogP contribution >= 0.6 is 0 Å². The van der Waals surface area contributed by atoms with E-state index in [1.807, 2.05) is 13.8 Å². The summed E-state index contributed by atoms with van der Waals surface area (Å²) in [5, 5.41) is 3.11. The predicted molar refractivity (Wildman–Crippen MR) is 73.2 cm³/mol. The zero-order chi connectivity index (χ0) is 14.0. The van der Waals surface area contributed by atoms with Gasteiger partial charge in [-0.1, -0.05) is 25.2 Å². The number of nitrogens with one attached hydrogen (secondary N) is 1. The van der Waals surface area contributed by atoms with Crippen LogP contribution in [-0.2, 0) is 9.59 Å². The Morgan fingerprint density at radius 3 is 2.47 bits per heavy atom. The fourth-order valence-electron chi connectivity index (χ4n) is 2.96. The van der Waals surface area contributed by atoms with Crippen molar-refractivity contribution in [1.82, 2.24) is 10.2 Å². The van der Waals surface area contributed by atoms with Crippen molar-refractivity contribution in [1.29, 1.82) is 0 Å². The van der Waals surface area contributed by atoms with Crippen molar-refractivity contribution in [3.05, 3.63) is 0 Å². The number of amides is 2. The normalized spacial score (nSPS) is 25.7. The molecule has 1 heterocycles. The summed E-state index contributed by atoms with van der Waals surface area (Å²) in [5.41, 5.74) is -0.566. The third kappa shape index (κ3) is 2.98. The molecular formula is C15H22N2O2. The maximum Gasteiger partial charge on any atom is 0.247 e. The van der Waals surface area contributed by atoms with Gasteiger partial charge in [-0.25, -0.2) is 0 Å². The van der Waals surface area contributed by atoms with Crippen LogP contribution in [0.3, 0.4) is 0 Å². The van der Waals surface area contributed by atoms with E-state index in [9.17, 15) is 9.59 Å². The molecule has 4 heteroatoms. The minimum absolute atomic E-state index is 0.0535. The lowest BCUT2D eigenvalue weighted by atomic mass is 9.94. The average Bonchev–Trinajstić information content (AvgIpc) is 2.65. The van der Waals surface area contributed by atoms with E-state index in [1.54, 1.807) is 0 Å². The first-order valence-electron chi connectivity index (χ1n) is 7.06. The van der Waals surface area contributed by atoms with Gasteiger partial charge in [-0.05, 0) is 26.7 Å². The van der Waals surface area contributed by atoms with E-state index < -0.39 is 11.6 Å². The number of imide groups is 1. The number of hydrogen-bond donors (Lipinski definition) is 1. The van der Waals surface area contributed by atoms with Gasteiger partial charge in [0.1, 0.15) is 0 Å². The Hall–Kier alpha value is -1.34. The minimum Gasteiger partial charge on any atom is -0.290 e. The molecule has 1 N–H and O–H groups in total. The lowest BCUT2D eigenvalue weighted by molar-refractivity contribution is -0.142. The van der Waals surface area contributed by atoms with Gasteiger partial charge in [0.15, 0.2) is 0 Å². The Kier molecular flexibility index (Phi) is 3.96. The zero-order valence-electron chi connectivity index (χ0n) is 11.7. The molecule has 0 aromatic rings. The average molecular weight is 262 g/mol. The van der Waals surface area contributed by atoms with Gasteiger partial charge >= 0.3 is 0 Å². The number of hydrogen-bond acceptors (Lipinski definition) is 3. The molecule has 104 valence electrons. The number of likely N-dealkylation sites (tertiary alicyclic amines) is 1. The van der Waals surface area contributed by atoms with Crippen LogP contribution in [0.2, 0.25) is 0 Å². The van der Waals surface area contributed by atoms with Crippen molar-refractivity contribution in [2.75, 3.05) is 0 Å². The highest BCUT2D eigenvalue weighted by Gasteiger charge is 2.43. The highest BCUT2D eigenvalue weighted by molar-refractivity contribution is 6.06. The summed E-state index contributed by atoms with van der Waals surface area (Å²) < 4.78 is 0. The minimum atomic E-state index is -0.566. The van der Waals surface area contributed by atoms with E-state index in [4.69, 9.17) is 6.42 Å². The maximum absolute atomic E-state index is 12.4. The van der Waals surface area contributed by atoms with Crippen molar-refractivity contribution >= 4 is 11.8 Å². The molecule has 0 aromatic heterocycles. The number of carbonyl (C=O) groups is 2. The quantitative estimate of drug-likeness (QED) is 0.618. The van der Waals surface area contributed by atoms with Crippen molar-refractivity contribution in [3.63, 3.8) is 0 Å². The molecule has 1 saturated heterocycles. The van der Waals surface area contributed by atoms with Gasteiger partial charge in [0.2, 0.25) is 11.8 Å². The van der Waals surface area contributed by atoms with Crippen LogP contribution in [-0.4, -0.2) is 34.3 Å².